The molecule has 0 N–H and O–H groups in total. The third-order valence-electron chi connectivity index (χ3n) is 12.7. The molecule has 0 heterocycles. The van der Waals surface area contributed by atoms with Gasteiger partial charge in [-0.1, -0.05) is 202 Å². The van der Waals surface area contributed by atoms with E-state index in [4.69, 9.17) is 0 Å². The molecule has 0 unspecified atom stereocenters. The van der Waals surface area contributed by atoms with Crippen molar-refractivity contribution in [1.29, 1.82) is 0 Å². The van der Waals surface area contributed by atoms with Crippen molar-refractivity contribution in [2.24, 2.45) is 0 Å². The number of para-hydroxylation sites is 1. The van der Waals surface area contributed by atoms with Crippen LogP contribution in [0, 0.1) is 0 Å². The van der Waals surface area contributed by atoms with Gasteiger partial charge in [0, 0.05) is 22.4 Å². The van der Waals surface area contributed by atoms with E-state index in [9.17, 15) is 0 Å². The Labute approximate surface area is 352 Å². The molecule has 0 bridgehead atoms. The highest BCUT2D eigenvalue weighted by Gasteiger charge is 2.36. The summed E-state index contributed by atoms with van der Waals surface area (Å²) >= 11 is 0. The van der Waals surface area contributed by atoms with Gasteiger partial charge in [-0.2, -0.15) is 0 Å². The average molecular weight is 766 g/mol. The molecule has 60 heavy (non-hydrogen) atoms. The summed E-state index contributed by atoms with van der Waals surface area (Å²) in [6, 6.07) is 82.3. The molecule has 1 heteroatoms. The Bertz CT molecular complexity index is 3200. The molecule has 0 saturated carbocycles. The van der Waals surface area contributed by atoms with Crippen molar-refractivity contribution in [3.8, 4) is 55.6 Å². The van der Waals surface area contributed by atoms with Crippen LogP contribution in [-0.2, 0) is 5.41 Å². The topological polar surface area (TPSA) is 3.24 Å². The molecule has 0 aliphatic heterocycles. The van der Waals surface area contributed by atoms with E-state index in [-0.39, 0.29) is 5.41 Å². The zero-order chi connectivity index (χ0) is 40.2. The Morgan fingerprint density at radius 1 is 0.317 bits per heavy atom. The molecule has 0 atom stereocenters. The lowest BCUT2D eigenvalue weighted by atomic mass is 9.82. The molecule has 10 aromatic carbocycles. The van der Waals surface area contributed by atoms with Gasteiger partial charge in [0.2, 0.25) is 0 Å². The molecular weight excluding hydrogens is 723 g/mol. The van der Waals surface area contributed by atoms with Crippen LogP contribution in [0.3, 0.4) is 0 Å². The molecule has 1 aliphatic rings. The molecule has 0 amide bonds. The van der Waals surface area contributed by atoms with Gasteiger partial charge in [-0.05, 0) is 119 Å². The van der Waals surface area contributed by atoms with Crippen LogP contribution in [0.5, 0.6) is 0 Å². The zero-order valence-electron chi connectivity index (χ0n) is 33.8. The van der Waals surface area contributed by atoms with Crippen LogP contribution in [0.15, 0.2) is 224 Å². The van der Waals surface area contributed by atoms with Gasteiger partial charge in [-0.15, -0.1) is 0 Å². The van der Waals surface area contributed by atoms with Crippen LogP contribution in [0.25, 0.3) is 77.2 Å². The van der Waals surface area contributed by atoms with Gasteiger partial charge in [0.05, 0.1) is 5.69 Å². The maximum atomic E-state index is 2.41. The molecular formula is C59H43N. The van der Waals surface area contributed by atoms with Gasteiger partial charge in [-0.25, -0.2) is 0 Å². The number of anilines is 3. The van der Waals surface area contributed by atoms with Crippen LogP contribution in [0.1, 0.15) is 25.0 Å². The summed E-state index contributed by atoms with van der Waals surface area (Å²) in [7, 11) is 0. The number of hydrogen-bond acceptors (Lipinski definition) is 1. The maximum absolute atomic E-state index is 2.41. The number of fused-ring (bicyclic) bond motifs is 5. The molecule has 1 nitrogen and oxygen atoms in total. The Morgan fingerprint density at radius 2 is 0.800 bits per heavy atom. The van der Waals surface area contributed by atoms with Gasteiger partial charge < -0.3 is 4.90 Å². The largest absolute Gasteiger partial charge is 0.310 e. The Hall–Kier alpha value is -7.48. The predicted octanol–water partition coefficient (Wildman–Crippen LogP) is 16.4. The first kappa shape index (κ1) is 35.7. The molecule has 10 aromatic rings. The second kappa shape index (κ2) is 14.4. The van der Waals surface area contributed by atoms with E-state index in [1.807, 2.05) is 0 Å². The van der Waals surface area contributed by atoms with E-state index in [0.717, 1.165) is 17.1 Å². The molecule has 11 rings (SSSR count). The van der Waals surface area contributed by atoms with Gasteiger partial charge in [0.25, 0.3) is 0 Å². The molecule has 0 radical (unpaired) electrons. The summed E-state index contributed by atoms with van der Waals surface area (Å²) in [5.74, 6) is 0. The lowest BCUT2D eigenvalue weighted by Crippen LogP contribution is -2.14. The molecule has 0 fully saturated rings. The number of hydrogen-bond donors (Lipinski definition) is 0. The first-order valence-corrected chi connectivity index (χ1v) is 20.9. The van der Waals surface area contributed by atoms with Crippen LogP contribution < -0.4 is 4.90 Å². The monoisotopic (exact) mass is 765 g/mol. The summed E-state index contributed by atoms with van der Waals surface area (Å²) in [6.07, 6.45) is 0. The number of benzene rings is 10. The first-order valence-electron chi connectivity index (χ1n) is 20.9. The third-order valence-corrected chi connectivity index (χ3v) is 12.7. The van der Waals surface area contributed by atoms with Crippen molar-refractivity contribution in [1.82, 2.24) is 0 Å². The van der Waals surface area contributed by atoms with Crippen molar-refractivity contribution < 1.29 is 0 Å². The normalized spacial score (nSPS) is 12.6. The van der Waals surface area contributed by atoms with Crippen molar-refractivity contribution in [2.45, 2.75) is 19.3 Å². The molecule has 284 valence electrons. The number of nitrogens with zero attached hydrogens (tertiary/aromatic N) is 1. The van der Waals surface area contributed by atoms with E-state index in [1.54, 1.807) is 0 Å². The van der Waals surface area contributed by atoms with Crippen molar-refractivity contribution in [3.05, 3.63) is 236 Å². The molecule has 0 saturated heterocycles. The maximum Gasteiger partial charge on any atom is 0.0540 e. The van der Waals surface area contributed by atoms with Crippen molar-refractivity contribution in [2.75, 3.05) is 4.90 Å². The minimum atomic E-state index is -0.0471. The summed E-state index contributed by atoms with van der Waals surface area (Å²) < 4.78 is 0. The fraction of sp³-hybridized carbons (Fsp3) is 0.0508. The van der Waals surface area contributed by atoms with Gasteiger partial charge in [-0.3, -0.25) is 0 Å². The Morgan fingerprint density at radius 3 is 1.57 bits per heavy atom. The summed E-state index contributed by atoms with van der Waals surface area (Å²) in [5.41, 5.74) is 18.4. The van der Waals surface area contributed by atoms with E-state index in [1.165, 1.54) is 88.3 Å². The highest BCUT2D eigenvalue weighted by molar-refractivity contribution is 5.98. The van der Waals surface area contributed by atoms with Crippen molar-refractivity contribution in [3.63, 3.8) is 0 Å². The highest BCUT2D eigenvalue weighted by Crippen LogP contribution is 2.52. The van der Waals surface area contributed by atoms with Crippen LogP contribution in [-0.4, -0.2) is 0 Å². The predicted molar refractivity (Wildman–Crippen MR) is 255 cm³/mol. The lowest BCUT2D eigenvalue weighted by Gasteiger charge is -2.28. The fourth-order valence-corrected chi connectivity index (χ4v) is 9.60. The molecule has 1 aliphatic carbocycles. The number of rotatable bonds is 7. The minimum absolute atomic E-state index is 0.0471. The average Bonchev–Trinajstić information content (AvgIpc) is 3.55. The Kier molecular flexibility index (Phi) is 8.57. The standard InChI is InChI=1S/C59H43N/c1-59(2)55-22-9-7-19-54(55)58-53(21-12-23-56(58)59)45-33-37-49(38-34-45)60(48-35-31-41(32-36-48)47-30-25-40-13-3-4-15-46(40)39-47)57-24-10-8-18-52(57)44-28-26-43(27-29-44)51-20-11-16-42-14-5-6-17-50(42)51/h3-39H,1-2H3. The van der Waals surface area contributed by atoms with Crippen LogP contribution in [0.2, 0.25) is 0 Å². The quantitative estimate of drug-likeness (QED) is 0.156. The van der Waals surface area contributed by atoms with Gasteiger partial charge in [0.1, 0.15) is 0 Å². The Balaban J connectivity index is 1.01. The first-order chi connectivity index (χ1) is 29.5. The second-order valence-corrected chi connectivity index (χ2v) is 16.5. The third kappa shape index (κ3) is 6.01. The van der Waals surface area contributed by atoms with Crippen LogP contribution in [0.4, 0.5) is 17.1 Å². The summed E-state index contributed by atoms with van der Waals surface area (Å²) in [4.78, 5) is 2.41. The fourth-order valence-electron chi connectivity index (χ4n) is 9.60. The lowest BCUT2D eigenvalue weighted by molar-refractivity contribution is 0.660. The minimum Gasteiger partial charge on any atom is -0.310 e. The highest BCUT2D eigenvalue weighted by atomic mass is 15.1. The molecule has 0 spiro atoms. The SMILES string of the molecule is CC1(C)c2ccccc2-c2c(-c3ccc(N(c4ccc(-c5ccc6ccccc6c5)cc4)c4ccccc4-c4ccc(-c5cccc6ccccc56)cc4)cc3)cccc21. The zero-order valence-corrected chi connectivity index (χ0v) is 33.8. The molecule has 0 aromatic heterocycles. The van der Waals surface area contributed by atoms with Crippen LogP contribution >= 0.6 is 0 Å². The van der Waals surface area contributed by atoms with E-state index in [0.29, 0.717) is 0 Å². The van der Waals surface area contributed by atoms with E-state index in [2.05, 4.69) is 243 Å². The van der Waals surface area contributed by atoms with Gasteiger partial charge in [0.15, 0.2) is 0 Å². The summed E-state index contributed by atoms with van der Waals surface area (Å²) in [6.45, 7) is 4.70. The van der Waals surface area contributed by atoms with E-state index >= 15 is 0 Å². The second-order valence-electron chi connectivity index (χ2n) is 16.5. The van der Waals surface area contributed by atoms with Crippen molar-refractivity contribution >= 4 is 38.6 Å². The summed E-state index contributed by atoms with van der Waals surface area (Å²) in [5, 5.41) is 5.02. The smallest absolute Gasteiger partial charge is 0.0540 e. The van der Waals surface area contributed by atoms with E-state index < -0.39 is 0 Å². The van der Waals surface area contributed by atoms with Gasteiger partial charge >= 0.3 is 0 Å².